The number of benzene rings is 1. The predicted octanol–water partition coefficient (Wildman–Crippen LogP) is 4.05. The number of aliphatic hydroxyl groups excluding tert-OH is 1. The molecular weight excluding hydrogens is 240 g/mol. The molecule has 2 rings (SSSR count). The standard InChI is InChI=1S/C13H17ClOS/c14-11-7-5-10(6-8-11)13(15)9-16-12-3-1-2-4-12/h5-8,12-13,15H,1-4,9H2. The Morgan fingerprint density at radius 3 is 2.50 bits per heavy atom. The first-order valence-electron chi connectivity index (χ1n) is 5.81. The smallest absolute Gasteiger partial charge is 0.0880 e. The fourth-order valence-corrected chi connectivity index (χ4v) is 3.50. The summed E-state index contributed by atoms with van der Waals surface area (Å²) < 4.78 is 0. The van der Waals surface area contributed by atoms with Crippen LogP contribution in [0, 0.1) is 0 Å². The van der Waals surface area contributed by atoms with Crippen molar-refractivity contribution < 1.29 is 5.11 Å². The molecule has 88 valence electrons. The molecule has 1 fully saturated rings. The summed E-state index contributed by atoms with van der Waals surface area (Å²) in [5, 5.41) is 11.5. The molecule has 0 aromatic heterocycles. The van der Waals surface area contributed by atoms with E-state index in [0.29, 0.717) is 0 Å². The van der Waals surface area contributed by atoms with Gasteiger partial charge in [0.05, 0.1) is 6.10 Å². The van der Waals surface area contributed by atoms with E-state index in [1.54, 1.807) is 0 Å². The van der Waals surface area contributed by atoms with Crippen molar-refractivity contribution in [2.45, 2.75) is 37.0 Å². The highest BCUT2D eigenvalue weighted by Crippen LogP contribution is 2.32. The first-order valence-corrected chi connectivity index (χ1v) is 7.23. The number of rotatable bonds is 4. The van der Waals surface area contributed by atoms with E-state index in [0.717, 1.165) is 21.6 Å². The Kier molecular flexibility index (Phi) is 4.56. The SMILES string of the molecule is OC(CSC1CCCC1)c1ccc(Cl)cc1. The highest BCUT2D eigenvalue weighted by molar-refractivity contribution is 7.99. The molecule has 0 bridgehead atoms. The number of hydrogen-bond donors (Lipinski definition) is 1. The molecule has 0 radical (unpaired) electrons. The van der Waals surface area contributed by atoms with Crippen molar-refractivity contribution in [3.8, 4) is 0 Å². The van der Waals surface area contributed by atoms with Gasteiger partial charge < -0.3 is 5.11 Å². The Morgan fingerprint density at radius 1 is 1.25 bits per heavy atom. The van der Waals surface area contributed by atoms with Crippen molar-refractivity contribution in [2.24, 2.45) is 0 Å². The Hall–Kier alpha value is -0.180. The van der Waals surface area contributed by atoms with E-state index < -0.39 is 0 Å². The monoisotopic (exact) mass is 256 g/mol. The second-order valence-electron chi connectivity index (χ2n) is 4.31. The van der Waals surface area contributed by atoms with Crippen molar-refractivity contribution in [3.05, 3.63) is 34.9 Å². The minimum absolute atomic E-state index is 0.358. The highest BCUT2D eigenvalue weighted by Gasteiger charge is 2.17. The summed E-state index contributed by atoms with van der Waals surface area (Å²) in [7, 11) is 0. The van der Waals surface area contributed by atoms with Crippen LogP contribution in [0.15, 0.2) is 24.3 Å². The number of hydrogen-bond acceptors (Lipinski definition) is 2. The van der Waals surface area contributed by atoms with Crippen LogP contribution in [0.3, 0.4) is 0 Å². The van der Waals surface area contributed by atoms with E-state index in [2.05, 4.69) is 0 Å². The second kappa shape index (κ2) is 5.95. The molecule has 0 heterocycles. The first kappa shape index (κ1) is 12.3. The van der Waals surface area contributed by atoms with E-state index in [4.69, 9.17) is 11.6 Å². The predicted molar refractivity (Wildman–Crippen MR) is 71.1 cm³/mol. The van der Waals surface area contributed by atoms with Gasteiger partial charge in [0.15, 0.2) is 0 Å². The summed E-state index contributed by atoms with van der Waals surface area (Å²) in [5.74, 6) is 0.798. The summed E-state index contributed by atoms with van der Waals surface area (Å²) in [5.41, 5.74) is 0.967. The van der Waals surface area contributed by atoms with Gasteiger partial charge in [-0.25, -0.2) is 0 Å². The van der Waals surface area contributed by atoms with E-state index in [1.807, 2.05) is 36.0 Å². The third kappa shape index (κ3) is 3.41. The maximum absolute atomic E-state index is 10.0. The average molecular weight is 257 g/mol. The van der Waals surface area contributed by atoms with Crippen LogP contribution in [0.4, 0.5) is 0 Å². The minimum atomic E-state index is -0.358. The number of halogens is 1. The average Bonchev–Trinajstić information content (AvgIpc) is 2.80. The van der Waals surface area contributed by atoms with Crippen LogP contribution >= 0.6 is 23.4 Å². The third-order valence-corrected chi connectivity index (χ3v) is 4.75. The fourth-order valence-electron chi connectivity index (χ4n) is 2.06. The summed E-state index contributed by atoms with van der Waals surface area (Å²) in [6.45, 7) is 0. The Balaban J connectivity index is 1.82. The molecule has 1 aliphatic carbocycles. The number of aliphatic hydroxyl groups is 1. The van der Waals surface area contributed by atoms with Gasteiger partial charge in [0.1, 0.15) is 0 Å². The Labute approximate surface area is 106 Å². The van der Waals surface area contributed by atoms with E-state index in [9.17, 15) is 5.11 Å². The minimum Gasteiger partial charge on any atom is -0.388 e. The van der Waals surface area contributed by atoms with Gasteiger partial charge in [-0.1, -0.05) is 36.6 Å². The van der Waals surface area contributed by atoms with E-state index in [-0.39, 0.29) is 6.10 Å². The zero-order valence-corrected chi connectivity index (χ0v) is 10.8. The summed E-state index contributed by atoms with van der Waals surface area (Å²) in [6, 6.07) is 7.48. The van der Waals surface area contributed by atoms with Gasteiger partial charge in [0.25, 0.3) is 0 Å². The molecule has 3 heteroatoms. The lowest BCUT2D eigenvalue weighted by atomic mass is 10.1. The van der Waals surface area contributed by atoms with E-state index in [1.165, 1.54) is 25.7 Å². The zero-order chi connectivity index (χ0) is 11.4. The first-order chi connectivity index (χ1) is 7.75. The zero-order valence-electron chi connectivity index (χ0n) is 9.23. The van der Waals surface area contributed by atoms with Crippen LogP contribution < -0.4 is 0 Å². The molecule has 1 saturated carbocycles. The Morgan fingerprint density at radius 2 is 1.88 bits per heavy atom. The van der Waals surface area contributed by atoms with Gasteiger partial charge in [0.2, 0.25) is 0 Å². The molecule has 1 aromatic carbocycles. The number of thioether (sulfide) groups is 1. The van der Waals surface area contributed by atoms with Crippen molar-refractivity contribution in [3.63, 3.8) is 0 Å². The molecule has 0 saturated heterocycles. The molecule has 1 nitrogen and oxygen atoms in total. The molecule has 1 atom stereocenters. The molecule has 1 aliphatic rings. The maximum atomic E-state index is 10.0. The van der Waals surface area contributed by atoms with Gasteiger partial charge in [-0.05, 0) is 30.5 Å². The van der Waals surface area contributed by atoms with Crippen LogP contribution in [0.5, 0.6) is 0 Å². The molecule has 0 aliphatic heterocycles. The quantitative estimate of drug-likeness (QED) is 0.877. The molecule has 1 unspecified atom stereocenters. The summed E-state index contributed by atoms with van der Waals surface area (Å²) in [6.07, 6.45) is 4.99. The second-order valence-corrected chi connectivity index (χ2v) is 6.08. The maximum Gasteiger partial charge on any atom is 0.0880 e. The molecular formula is C13H17ClOS. The lowest BCUT2D eigenvalue weighted by Crippen LogP contribution is -2.04. The van der Waals surface area contributed by atoms with Gasteiger partial charge in [-0.15, -0.1) is 0 Å². The van der Waals surface area contributed by atoms with Crippen LogP contribution in [0.2, 0.25) is 5.02 Å². The van der Waals surface area contributed by atoms with E-state index >= 15 is 0 Å². The summed E-state index contributed by atoms with van der Waals surface area (Å²) >= 11 is 7.72. The van der Waals surface area contributed by atoms with Crippen LogP contribution in [-0.2, 0) is 0 Å². The lowest BCUT2D eigenvalue weighted by molar-refractivity contribution is 0.204. The normalized spacial score (nSPS) is 18.9. The van der Waals surface area contributed by atoms with Gasteiger partial charge in [0, 0.05) is 16.0 Å². The lowest BCUT2D eigenvalue weighted by Gasteiger charge is -2.14. The summed E-state index contributed by atoms with van der Waals surface area (Å²) in [4.78, 5) is 0. The third-order valence-electron chi connectivity index (χ3n) is 3.05. The topological polar surface area (TPSA) is 20.2 Å². The largest absolute Gasteiger partial charge is 0.388 e. The molecule has 0 spiro atoms. The molecule has 16 heavy (non-hydrogen) atoms. The fraction of sp³-hybridized carbons (Fsp3) is 0.538. The van der Waals surface area contributed by atoms with Crippen LogP contribution in [0.1, 0.15) is 37.4 Å². The van der Waals surface area contributed by atoms with Crippen LogP contribution in [0.25, 0.3) is 0 Å². The Bertz CT molecular complexity index is 319. The van der Waals surface area contributed by atoms with Gasteiger partial charge >= 0.3 is 0 Å². The van der Waals surface area contributed by atoms with Crippen LogP contribution in [-0.4, -0.2) is 16.1 Å². The van der Waals surface area contributed by atoms with Crippen molar-refractivity contribution >= 4 is 23.4 Å². The molecule has 1 aromatic rings. The van der Waals surface area contributed by atoms with Gasteiger partial charge in [-0.2, -0.15) is 11.8 Å². The molecule has 0 amide bonds. The highest BCUT2D eigenvalue weighted by atomic mass is 35.5. The van der Waals surface area contributed by atoms with Crippen molar-refractivity contribution in [2.75, 3.05) is 5.75 Å². The van der Waals surface area contributed by atoms with Crippen molar-refractivity contribution in [1.82, 2.24) is 0 Å². The molecule has 1 N–H and O–H groups in total. The van der Waals surface area contributed by atoms with Gasteiger partial charge in [-0.3, -0.25) is 0 Å². The van der Waals surface area contributed by atoms with Crippen molar-refractivity contribution in [1.29, 1.82) is 0 Å².